The van der Waals surface area contributed by atoms with Crippen molar-refractivity contribution in [1.29, 1.82) is 0 Å². The van der Waals surface area contributed by atoms with Gasteiger partial charge in [-0.05, 0) is 64.8 Å². The molecule has 2 aromatic carbocycles. The second kappa shape index (κ2) is 6.10. The van der Waals surface area contributed by atoms with E-state index in [9.17, 15) is 4.39 Å². The van der Waals surface area contributed by atoms with E-state index in [4.69, 9.17) is 11.6 Å². The van der Waals surface area contributed by atoms with Crippen LogP contribution in [-0.4, -0.2) is 0 Å². The predicted octanol–water partition coefficient (Wildman–Crippen LogP) is 6.18. The Bertz CT molecular complexity index is 628. The number of halogens is 4. The zero-order chi connectivity index (χ0) is 14.2. The molecule has 0 fully saturated rings. The summed E-state index contributed by atoms with van der Waals surface area (Å²) in [5.74, 6) is -0.271. The summed E-state index contributed by atoms with van der Waals surface area (Å²) in [5, 5.41) is 0.447. The van der Waals surface area contributed by atoms with Gasteiger partial charge in [0.15, 0.2) is 0 Å². The summed E-state index contributed by atoms with van der Waals surface area (Å²) in [4.78, 5) is -0.0360. The summed E-state index contributed by atoms with van der Waals surface area (Å²) in [6.07, 6.45) is 0. The monoisotopic (exact) mass is 452 g/mol. The van der Waals surface area contributed by atoms with E-state index in [1.54, 1.807) is 13.0 Å². The topological polar surface area (TPSA) is 0 Å². The largest absolute Gasteiger partial charge is 0.207 e. The first-order valence-corrected chi connectivity index (χ1v) is 8.13. The van der Waals surface area contributed by atoms with Gasteiger partial charge in [-0.25, -0.2) is 4.39 Å². The van der Waals surface area contributed by atoms with E-state index >= 15 is 0 Å². The van der Waals surface area contributed by atoms with Crippen LogP contribution in [0.4, 0.5) is 4.39 Å². The standard InChI is InChI=1S/C15H12BrClFI/c1-8-4-3-5-10(15(8)19)14(16)11-6-9(2)13(18)7-12(11)17/h3-7,14H,1-2H3. The van der Waals surface area contributed by atoms with E-state index in [2.05, 4.69) is 57.6 Å². The molecule has 4 heteroatoms. The summed E-state index contributed by atoms with van der Waals surface area (Å²) in [6.45, 7) is 3.82. The van der Waals surface area contributed by atoms with Crippen molar-refractivity contribution < 1.29 is 4.39 Å². The van der Waals surface area contributed by atoms with Crippen LogP contribution >= 0.6 is 50.1 Å². The molecule has 0 aliphatic rings. The minimum absolute atomic E-state index is 0.0360. The molecule has 0 saturated carbocycles. The first kappa shape index (κ1) is 15.3. The first-order chi connectivity index (χ1) is 8.91. The fraction of sp³-hybridized carbons (Fsp3) is 0.200. The molecule has 0 N–H and O–H groups in total. The SMILES string of the molecule is Cc1cc(C(Br)c2cccc(C)c2I)c(Cl)cc1F. The van der Waals surface area contributed by atoms with Gasteiger partial charge in [-0.3, -0.25) is 0 Å². The highest BCUT2D eigenvalue weighted by molar-refractivity contribution is 14.1. The lowest BCUT2D eigenvalue weighted by Crippen LogP contribution is -2.00. The normalized spacial score (nSPS) is 12.5. The molecular formula is C15H12BrClFI. The van der Waals surface area contributed by atoms with Crippen molar-refractivity contribution in [2.45, 2.75) is 18.7 Å². The first-order valence-electron chi connectivity index (χ1n) is 5.76. The van der Waals surface area contributed by atoms with E-state index in [0.29, 0.717) is 10.6 Å². The Hall–Kier alpha value is -0.130. The highest BCUT2D eigenvalue weighted by Crippen LogP contribution is 2.38. The van der Waals surface area contributed by atoms with Crippen molar-refractivity contribution in [1.82, 2.24) is 0 Å². The van der Waals surface area contributed by atoms with E-state index in [0.717, 1.165) is 11.1 Å². The summed E-state index contributed by atoms with van der Waals surface area (Å²) in [7, 11) is 0. The van der Waals surface area contributed by atoms with Gasteiger partial charge in [0.05, 0.1) is 4.83 Å². The average Bonchev–Trinajstić information content (AvgIpc) is 2.36. The zero-order valence-corrected chi connectivity index (χ0v) is 15.0. The van der Waals surface area contributed by atoms with Gasteiger partial charge in [0.2, 0.25) is 0 Å². The molecule has 0 aliphatic heterocycles. The van der Waals surface area contributed by atoms with Crippen LogP contribution in [0.3, 0.4) is 0 Å². The van der Waals surface area contributed by atoms with Gasteiger partial charge in [-0.15, -0.1) is 0 Å². The second-order valence-electron chi connectivity index (χ2n) is 4.46. The van der Waals surface area contributed by atoms with Crippen LogP contribution in [0.5, 0.6) is 0 Å². The molecule has 2 aromatic rings. The minimum atomic E-state index is -0.271. The molecule has 100 valence electrons. The van der Waals surface area contributed by atoms with Gasteiger partial charge < -0.3 is 0 Å². The summed E-state index contributed by atoms with van der Waals surface area (Å²) in [5.41, 5.74) is 3.86. The number of hydrogen-bond donors (Lipinski definition) is 0. The van der Waals surface area contributed by atoms with Crippen LogP contribution in [-0.2, 0) is 0 Å². The van der Waals surface area contributed by atoms with E-state index in [-0.39, 0.29) is 10.6 Å². The van der Waals surface area contributed by atoms with Crippen molar-refractivity contribution in [3.8, 4) is 0 Å². The van der Waals surface area contributed by atoms with Crippen LogP contribution in [0, 0.1) is 23.2 Å². The van der Waals surface area contributed by atoms with Crippen LogP contribution in [0.15, 0.2) is 30.3 Å². The van der Waals surface area contributed by atoms with Gasteiger partial charge in [0.1, 0.15) is 5.82 Å². The average molecular weight is 454 g/mol. The highest BCUT2D eigenvalue weighted by atomic mass is 127. The van der Waals surface area contributed by atoms with Crippen molar-refractivity contribution in [3.05, 3.63) is 67.0 Å². The molecule has 0 heterocycles. The third kappa shape index (κ3) is 3.14. The number of hydrogen-bond acceptors (Lipinski definition) is 0. The van der Waals surface area contributed by atoms with Crippen molar-refractivity contribution in [2.24, 2.45) is 0 Å². The molecule has 0 bridgehead atoms. The quantitative estimate of drug-likeness (QED) is 0.376. The summed E-state index contributed by atoms with van der Waals surface area (Å²) in [6, 6.07) is 9.33. The molecule has 0 spiro atoms. The van der Waals surface area contributed by atoms with E-state index < -0.39 is 0 Å². The minimum Gasteiger partial charge on any atom is -0.207 e. The maximum atomic E-state index is 13.5. The molecule has 0 amide bonds. The number of benzene rings is 2. The molecule has 0 radical (unpaired) electrons. The van der Waals surface area contributed by atoms with Crippen LogP contribution in [0.2, 0.25) is 5.02 Å². The van der Waals surface area contributed by atoms with Gasteiger partial charge in [-0.1, -0.05) is 51.8 Å². The summed E-state index contributed by atoms with van der Waals surface area (Å²) >= 11 is 12.2. The van der Waals surface area contributed by atoms with Gasteiger partial charge in [0.25, 0.3) is 0 Å². The van der Waals surface area contributed by atoms with Gasteiger partial charge in [-0.2, -0.15) is 0 Å². The zero-order valence-electron chi connectivity index (χ0n) is 10.5. The molecule has 2 rings (SSSR count). The third-order valence-electron chi connectivity index (χ3n) is 3.05. The highest BCUT2D eigenvalue weighted by Gasteiger charge is 2.18. The van der Waals surface area contributed by atoms with Crippen molar-refractivity contribution in [2.75, 3.05) is 0 Å². The second-order valence-corrected chi connectivity index (χ2v) is 6.87. The molecule has 0 aromatic heterocycles. The van der Waals surface area contributed by atoms with E-state index in [1.807, 2.05) is 6.07 Å². The fourth-order valence-electron chi connectivity index (χ4n) is 1.91. The lowest BCUT2D eigenvalue weighted by Gasteiger charge is -2.16. The summed E-state index contributed by atoms with van der Waals surface area (Å²) < 4.78 is 14.7. The molecule has 0 aliphatic carbocycles. The number of alkyl halides is 1. The number of rotatable bonds is 2. The Morgan fingerprint density at radius 1 is 1.16 bits per heavy atom. The smallest absolute Gasteiger partial charge is 0.127 e. The lowest BCUT2D eigenvalue weighted by atomic mass is 10.0. The van der Waals surface area contributed by atoms with Gasteiger partial charge >= 0.3 is 0 Å². The lowest BCUT2D eigenvalue weighted by molar-refractivity contribution is 0.618. The van der Waals surface area contributed by atoms with Crippen LogP contribution in [0.25, 0.3) is 0 Å². The molecule has 0 saturated heterocycles. The third-order valence-corrected chi connectivity index (χ3v) is 5.83. The van der Waals surface area contributed by atoms with Crippen molar-refractivity contribution in [3.63, 3.8) is 0 Å². The maximum absolute atomic E-state index is 13.5. The maximum Gasteiger partial charge on any atom is 0.127 e. The Morgan fingerprint density at radius 2 is 1.84 bits per heavy atom. The molecule has 1 atom stereocenters. The molecular weight excluding hydrogens is 441 g/mol. The van der Waals surface area contributed by atoms with Crippen LogP contribution < -0.4 is 0 Å². The molecule has 1 unspecified atom stereocenters. The number of aryl methyl sites for hydroxylation is 2. The van der Waals surface area contributed by atoms with Crippen molar-refractivity contribution >= 4 is 50.1 Å². The van der Waals surface area contributed by atoms with Gasteiger partial charge in [0, 0.05) is 8.59 Å². The predicted molar refractivity (Wildman–Crippen MR) is 90.8 cm³/mol. The Labute approximate surface area is 139 Å². The Morgan fingerprint density at radius 3 is 2.53 bits per heavy atom. The fourth-order valence-corrected chi connectivity index (χ4v) is 4.16. The molecule has 0 nitrogen and oxygen atoms in total. The Balaban J connectivity index is 2.53. The van der Waals surface area contributed by atoms with Crippen LogP contribution in [0.1, 0.15) is 27.1 Å². The molecule has 19 heavy (non-hydrogen) atoms. The van der Waals surface area contributed by atoms with E-state index in [1.165, 1.54) is 15.2 Å². The Kier molecular flexibility index (Phi) is 4.90.